The molecule has 4 nitrogen and oxygen atoms in total. The lowest BCUT2D eigenvalue weighted by atomic mass is 9.77. The molecule has 0 aromatic heterocycles. The number of hydrogen-bond acceptors (Lipinski definition) is 2. The van der Waals surface area contributed by atoms with Crippen molar-refractivity contribution in [3.63, 3.8) is 0 Å². The van der Waals surface area contributed by atoms with Gasteiger partial charge >= 0.3 is 5.97 Å². The van der Waals surface area contributed by atoms with Crippen LogP contribution >= 0.6 is 0 Å². The van der Waals surface area contributed by atoms with E-state index in [-0.39, 0.29) is 23.8 Å². The van der Waals surface area contributed by atoms with Gasteiger partial charge in [-0.15, -0.1) is 0 Å². The number of aliphatic carboxylic acids is 1. The summed E-state index contributed by atoms with van der Waals surface area (Å²) in [6.07, 6.45) is 5.34. The molecule has 0 radical (unpaired) electrons. The third-order valence-corrected chi connectivity index (χ3v) is 4.69. The molecule has 1 unspecified atom stereocenters. The van der Waals surface area contributed by atoms with E-state index in [9.17, 15) is 14.7 Å². The minimum absolute atomic E-state index is 0.0184. The molecular formula is C16H29NO3. The molecule has 1 atom stereocenters. The zero-order chi connectivity index (χ0) is 15.4. The van der Waals surface area contributed by atoms with Crippen molar-refractivity contribution >= 4 is 11.9 Å². The highest BCUT2D eigenvalue weighted by Gasteiger charge is 2.41. The van der Waals surface area contributed by atoms with E-state index >= 15 is 0 Å². The van der Waals surface area contributed by atoms with Gasteiger partial charge in [0.25, 0.3) is 0 Å². The van der Waals surface area contributed by atoms with E-state index < -0.39 is 11.4 Å². The molecule has 0 heterocycles. The predicted octanol–water partition coefficient (Wildman–Crippen LogP) is 3.35. The fraction of sp³-hybridized carbons (Fsp3) is 0.875. The zero-order valence-electron chi connectivity index (χ0n) is 13.3. The first-order chi connectivity index (χ1) is 9.17. The van der Waals surface area contributed by atoms with E-state index in [4.69, 9.17) is 0 Å². The highest BCUT2D eigenvalue weighted by atomic mass is 16.4. The molecule has 0 aromatic rings. The Kier molecular flexibility index (Phi) is 5.60. The second kappa shape index (κ2) is 6.59. The quantitative estimate of drug-likeness (QED) is 0.777. The molecule has 2 N–H and O–H groups in total. The van der Waals surface area contributed by atoms with Crippen LogP contribution < -0.4 is 5.32 Å². The van der Waals surface area contributed by atoms with Crippen LogP contribution in [0.2, 0.25) is 0 Å². The van der Waals surface area contributed by atoms with Gasteiger partial charge in [0.2, 0.25) is 5.91 Å². The van der Waals surface area contributed by atoms with E-state index in [0.717, 1.165) is 25.7 Å². The standard InChI is InChI=1S/C16H29NO3/c1-12(15(2,3)4)17-13(18)11-16(14(19)20)9-7-5-6-8-10-16/h12H,5-11H2,1-4H3,(H,17,18)(H,19,20). The van der Waals surface area contributed by atoms with Gasteiger partial charge in [0.05, 0.1) is 5.41 Å². The molecule has 0 spiro atoms. The maximum Gasteiger partial charge on any atom is 0.310 e. The molecule has 20 heavy (non-hydrogen) atoms. The summed E-state index contributed by atoms with van der Waals surface area (Å²) in [6.45, 7) is 8.17. The lowest BCUT2D eigenvalue weighted by Gasteiger charge is -2.31. The predicted molar refractivity (Wildman–Crippen MR) is 79.4 cm³/mol. The largest absolute Gasteiger partial charge is 0.481 e. The van der Waals surface area contributed by atoms with Crippen molar-refractivity contribution in [1.82, 2.24) is 5.32 Å². The SMILES string of the molecule is CC(NC(=O)CC1(C(=O)O)CCCCCC1)C(C)(C)C. The second-order valence-electron chi connectivity index (χ2n) is 7.33. The van der Waals surface area contributed by atoms with Crippen LogP contribution in [0.1, 0.15) is 72.6 Å². The zero-order valence-corrected chi connectivity index (χ0v) is 13.3. The lowest BCUT2D eigenvalue weighted by molar-refractivity contribution is -0.153. The highest BCUT2D eigenvalue weighted by Crippen LogP contribution is 2.38. The first kappa shape index (κ1) is 17.0. The number of amides is 1. The summed E-state index contributed by atoms with van der Waals surface area (Å²) in [6, 6.07) is 0.0339. The van der Waals surface area contributed by atoms with E-state index in [0.29, 0.717) is 12.8 Å². The van der Waals surface area contributed by atoms with Crippen LogP contribution in [0.3, 0.4) is 0 Å². The molecule has 1 fully saturated rings. The monoisotopic (exact) mass is 283 g/mol. The van der Waals surface area contributed by atoms with Crippen molar-refractivity contribution in [2.75, 3.05) is 0 Å². The van der Waals surface area contributed by atoms with Crippen LogP contribution in [-0.4, -0.2) is 23.0 Å². The molecule has 0 bridgehead atoms. The lowest BCUT2D eigenvalue weighted by Crippen LogP contribution is -2.44. The average Bonchev–Trinajstić information content (AvgIpc) is 2.54. The Bertz CT molecular complexity index is 349. The smallest absolute Gasteiger partial charge is 0.310 e. The Hall–Kier alpha value is -1.06. The van der Waals surface area contributed by atoms with Crippen molar-refractivity contribution in [2.45, 2.75) is 78.7 Å². The number of nitrogens with one attached hydrogen (secondary N) is 1. The van der Waals surface area contributed by atoms with Crippen LogP contribution in [0.5, 0.6) is 0 Å². The van der Waals surface area contributed by atoms with Crippen molar-refractivity contribution in [3.05, 3.63) is 0 Å². The molecule has 0 aromatic carbocycles. The van der Waals surface area contributed by atoms with Crippen molar-refractivity contribution < 1.29 is 14.7 Å². The summed E-state index contributed by atoms with van der Waals surface area (Å²) in [4.78, 5) is 23.9. The van der Waals surface area contributed by atoms with Crippen molar-refractivity contribution in [3.8, 4) is 0 Å². The highest BCUT2D eigenvalue weighted by molar-refractivity contribution is 5.85. The van der Waals surface area contributed by atoms with Crippen molar-refractivity contribution in [2.24, 2.45) is 10.8 Å². The Balaban J connectivity index is 2.71. The molecule has 1 aliphatic rings. The number of hydrogen-bond donors (Lipinski definition) is 2. The second-order valence-corrected chi connectivity index (χ2v) is 7.33. The van der Waals surface area contributed by atoms with Crippen LogP contribution in [0.25, 0.3) is 0 Å². The molecule has 1 saturated carbocycles. The molecule has 116 valence electrons. The van der Waals surface area contributed by atoms with E-state index in [1.165, 1.54) is 0 Å². The maximum absolute atomic E-state index is 12.2. The fourth-order valence-corrected chi connectivity index (χ4v) is 2.69. The first-order valence-corrected chi connectivity index (χ1v) is 7.70. The molecular weight excluding hydrogens is 254 g/mol. The van der Waals surface area contributed by atoms with E-state index in [2.05, 4.69) is 26.1 Å². The summed E-state index contributed by atoms with van der Waals surface area (Å²) in [5.41, 5.74) is -0.867. The van der Waals surface area contributed by atoms with Gasteiger partial charge in [-0.1, -0.05) is 46.5 Å². The van der Waals surface area contributed by atoms with Crippen LogP contribution in [-0.2, 0) is 9.59 Å². The Labute approximate surface area is 122 Å². The minimum atomic E-state index is -0.849. The Morgan fingerprint density at radius 2 is 1.65 bits per heavy atom. The number of carbonyl (C=O) groups excluding carboxylic acids is 1. The summed E-state index contributed by atoms with van der Waals surface area (Å²) in [7, 11) is 0. The summed E-state index contributed by atoms with van der Waals surface area (Å²) >= 11 is 0. The van der Waals surface area contributed by atoms with E-state index in [1.807, 2.05) is 6.92 Å². The third kappa shape index (κ3) is 4.50. The number of carbonyl (C=O) groups is 2. The Morgan fingerprint density at radius 3 is 2.05 bits per heavy atom. The van der Waals surface area contributed by atoms with Gasteiger partial charge in [-0.25, -0.2) is 0 Å². The molecule has 1 rings (SSSR count). The van der Waals surface area contributed by atoms with Gasteiger partial charge in [0.1, 0.15) is 0 Å². The molecule has 1 amide bonds. The topological polar surface area (TPSA) is 66.4 Å². The van der Waals surface area contributed by atoms with E-state index in [1.54, 1.807) is 0 Å². The fourth-order valence-electron chi connectivity index (χ4n) is 2.69. The maximum atomic E-state index is 12.2. The normalized spacial score (nSPS) is 20.8. The molecule has 1 aliphatic carbocycles. The van der Waals surface area contributed by atoms with Gasteiger partial charge in [-0.05, 0) is 25.2 Å². The Morgan fingerprint density at radius 1 is 1.15 bits per heavy atom. The average molecular weight is 283 g/mol. The van der Waals surface area contributed by atoms with Crippen molar-refractivity contribution in [1.29, 1.82) is 0 Å². The van der Waals surface area contributed by atoms with Gasteiger partial charge < -0.3 is 10.4 Å². The molecule has 0 saturated heterocycles. The third-order valence-electron chi connectivity index (χ3n) is 4.69. The van der Waals surface area contributed by atoms with Crippen LogP contribution in [0.4, 0.5) is 0 Å². The van der Waals surface area contributed by atoms with Crippen LogP contribution in [0.15, 0.2) is 0 Å². The summed E-state index contributed by atoms with van der Waals surface area (Å²) in [5, 5.41) is 12.5. The van der Waals surface area contributed by atoms with Gasteiger partial charge in [-0.2, -0.15) is 0 Å². The number of carboxylic acid groups (broad SMARTS) is 1. The van der Waals surface area contributed by atoms with Gasteiger partial charge in [0, 0.05) is 12.5 Å². The summed E-state index contributed by atoms with van der Waals surface area (Å²) < 4.78 is 0. The van der Waals surface area contributed by atoms with Crippen LogP contribution in [0, 0.1) is 10.8 Å². The summed E-state index contributed by atoms with van der Waals surface area (Å²) in [5.74, 6) is -0.935. The first-order valence-electron chi connectivity index (χ1n) is 7.70. The minimum Gasteiger partial charge on any atom is -0.481 e. The van der Waals surface area contributed by atoms with Gasteiger partial charge in [0.15, 0.2) is 0 Å². The van der Waals surface area contributed by atoms with Gasteiger partial charge in [-0.3, -0.25) is 9.59 Å². The number of carboxylic acids is 1. The molecule has 4 heteroatoms. The number of rotatable bonds is 4. The molecule has 0 aliphatic heterocycles.